The van der Waals surface area contributed by atoms with Gasteiger partial charge in [0.1, 0.15) is 0 Å². The van der Waals surface area contributed by atoms with Gasteiger partial charge in [0.25, 0.3) is 0 Å². The van der Waals surface area contributed by atoms with Gasteiger partial charge in [-0.2, -0.15) is 0 Å². The molecule has 1 atom stereocenters. The van der Waals surface area contributed by atoms with E-state index >= 15 is 0 Å². The molecule has 1 rings (SSSR count). The van der Waals surface area contributed by atoms with E-state index in [4.69, 9.17) is 14.2 Å². The van der Waals surface area contributed by atoms with Crippen LogP contribution in [0, 0.1) is 5.41 Å². The third-order valence-corrected chi connectivity index (χ3v) is 4.12. The van der Waals surface area contributed by atoms with Gasteiger partial charge in [-0.05, 0) is 42.9 Å². The zero-order chi connectivity index (χ0) is 19.7. The summed E-state index contributed by atoms with van der Waals surface area (Å²) in [5.74, 6) is 2.66. The average Bonchev–Trinajstić information content (AvgIpc) is 2.61. The van der Waals surface area contributed by atoms with E-state index in [1.165, 1.54) is 0 Å². The zero-order valence-corrected chi connectivity index (χ0v) is 17.5. The third kappa shape index (κ3) is 7.02. The monoisotopic (exact) mass is 365 g/mol. The van der Waals surface area contributed by atoms with E-state index in [-0.39, 0.29) is 0 Å². The first-order valence-corrected chi connectivity index (χ1v) is 9.00. The summed E-state index contributed by atoms with van der Waals surface area (Å²) in [6.07, 6.45) is 2.25. The van der Waals surface area contributed by atoms with Gasteiger partial charge >= 0.3 is 0 Å². The summed E-state index contributed by atoms with van der Waals surface area (Å²) in [6, 6.07) is 4.22. The van der Waals surface area contributed by atoms with Crippen molar-refractivity contribution in [2.75, 3.05) is 28.4 Å². The largest absolute Gasteiger partial charge is 0.493 e. The molecule has 0 bridgehead atoms. The van der Waals surface area contributed by atoms with Crippen molar-refractivity contribution < 1.29 is 14.2 Å². The van der Waals surface area contributed by atoms with Crippen molar-refractivity contribution in [3.05, 3.63) is 17.7 Å². The van der Waals surface area contributed by atoms with Gasteiger partial charge in [-0.3, -0.25) is 4.99 Å². The lowest BCUT2D eigenvalue weighted by Crippen LogP contribution is -2.42. The fraction of sp³-hybridized carbons (Fsp3) is 0.650. The number of ether oxygens (including phenoxy) is 3. The van der Waals surface area contributed by atoms with Crippen LogP contribution in [0.25, 0.3) is 0 Å². The van der Waals surface area contributed by atoms with Gasteiger partial charge in [-0.1, -0.05) is 20.8 Å². The van der Waals surface area contributed by atoms with E-state index in [2.05, 4.69) is 43.3 Å². The molecule has 0 saturated carbocycles. The number of hydrogen-bond donors (Lipinski definition) is 2. The van der Waals surface area contributed by atoms with E-state index in [0.717, 1.165) is 24.4 Å². The molecule has 6 nitrogen and oxygen atoms in total. The number of hydrogen-bond acceptors (Lipinski definition) is 4. The van der Waals surface area contributed by atoms with E-state index < -0.39 is 0 Å². The highest BCUT2D eigenvalue weighted by Gasteiger charge is 2.15. The Morgan fingerprint density at radius 1 is 1.08 bits per heavy atom. The molecule has 0 spiro atoms. The molecule has 0 aromatic heterocycles. The molecular weight excluding hydrogens is 330 g/mol. The lowest BCUT2D eigenvalue weighted by atomic mass is 9.89. The first kappa shape index (κ1) is 21.9. The molecule has 0 aliphatic heterocycles. The standard InChI is InChI=1S/C20H35N3O3/c1-14(9-10-20(2,3)4)23-19(21-5)22-13-15-11-16(24-6)18(26-8)17(12-15)25-7/h11-12,14H,9-10,13H2,1-8H3,(H2,21,22,23). The number of aliphatic imine (C=N–C) groups is 1. The lowest BCUT2D eigenvalue weighted by Gasteiger charge is -2.23. The Labute approximate surface area is 158 Å². The summed E-state index contributed by atoms with van der Waals surface area (Å²) in [5, 5.41) is 6.78. The third-order valence-electron chi connectivity index (χ3n) is 4.12. The minimum Gasteiger partial charge on any atom is -0.493 e. The topological polar surface area (TPSA) is 64.1 Å². The Balaban J connectivity index is 2.71. The van der Waals surface area contributed by atoms with Gasteiger partial charge in [0, 0.05) is 19.6 Å². The fourth-order valence-corrected chi connectivity index (χ4v) is 2.57. The molecule has 1 unspecified atom stereocenters. The Morgan fingerprint density at radius 3 is 2.08 bits per heavy atom. The maximum Gasteiger partial charge on any atom is 0.203 e. The molecule has 0 heterocycles. The fourth-order valence-electron chi connectivity index (χ4n) is 2.57. The van der Waals surface area contributed by atoms with Crippen LogP contribution in [0.15, 0.2) is 17.1 Å². The van der Waals surface area contributed by atoms with Gasteiger partial charge in [-0.15, -0.1) is 0 Å². The molecule has 0 aliphatic carbocycles. The Bertz CT molecular complexity index is 569. The molecule has 0 radical (unpaired) electrons. The zero-order valence-electron chi connectivity index (χ0n) is 17.5. The second-order valence-electron chi connectivity index (χ2n) is 7.60. The molecular formula is C20H35N3O3. The number of guanidine groups is 1. The lowest BCUT2D eigenvalue weighted by molar-refractivity contribution is 0.323. The predicted molar refractivity (Wildman–Crippen MR) is 108 cm³/mol. The Hall–Kier alpha value is -2.11. The van der Waals surface area contributed by atoms with Crippen molar-refractivity contribution in [2.24, 2.45) is 10.4 Å². The molecule has 1 aromatic rings. The van der Waals surface area contributed by atoms with Crippen LogP contribution in [0.3, 0.4) is 0 Å². The number of rotatable bonds is 8. The van der Waals surface area contributed by atoms with Gasteiger partial charge in [-0.25, -0.2) is 0 Å². The number of methoxy groups -OCH3 is 3. The van der Waals surface area contributed by atoms with Crippen LogP contribution in [-0.2, 0) is 6.54 Å². The van der Waals surface area contributed by atoms with Crippen LogP contribution >= 0.6 is 0 Å². The van der Waals surface area contributed by atoms with Crippen LogP contribution in [0.5, 0.6) is 17.2 Å². The molecule has 6 heteroatoms. The SMILES string of the molecule is CN=C(NCc1cc(OC)c(OC)c(OC)c1)NC(C)CCC(C)(C)C. The molecule has 148 valence electrons. The van der Waals surface area contributed by atoms with Crippen LogP contribution in [0.2, 0.25) is 0 Å². The molecule has 0 saturated heterocycles. The van der Waals surface area contributed by atoms with Gasteiger partial charge < -0.3 is 24.8 Å². The highest BCUT2D eigenvalue weighted by atomic mass is 16.5. The van der Waals surface area contributed by atoms with Crippen molar-refractivity contribution in [2.45, 2.75) is 53.1 Å². The van der Waals surface area contributed by atoms with Crippen molar-refractivity contribution in [1.82, 2.24) is 10.6 Å². The predicted octanol–water partition coefficient (Wildman–Crippen LogP) is 3.59. The van der Waals surface area contributed by atoms with Gasteiger partial charge in [0.2, 0.25) is 5.75 Å². The van der Waals surface area contributed by atoms with Gasteiger partial charge in [0.15, 0.2) is 17.5 Å². The number of benzene rings is 1. The molecule has 2 N–H and O–H groups in total. The van der Waals surface area contributed by atoms with E-state index in [9.17, 15) is 0 Å². The van der Waals surface area contributed by atoms with Crippen LogP contribution in [-0.4, -0.2) is 40.4 Å². The smallest absolute Gasteiger partial charge is 0.203 e. The maximum absolute atomic E-state index is 5.40. The van der Waals surface area contributed by atoms with Crippen LogP contribution in [0.4, 0.5) is 0 Å². The quantitative estimate of drug-likeness (QED) is 0.544. The first-order chi connectivity index (χ1) is 12.2. The van der Waals surface area contributed by atoms with E-state index in [1.807, 2.05) is 12.1 Å². The molecule has 26 heavy (non-hydrogen) atoms. The van der Waals surface area contributed by atoms with Crippen LogP contribution in [0.1, 0.15) is 46.1 Å². The van der Waals surface area contributed by atoms with Crippen molar-refractivity contribution in [1.29, 1.82) is 0 Å². The summed E-state index contributed by atoms with van der Waals surface area (Å²) in [4.78, 5) is 4.31. The van der Waals surface area contributed by atoms with Crippen molar-refractivity contribution >= 4 is 5.96 Å². The van der Waals surface area contributed by atoms with Crippen LogP contribution < -0.4 is 24.8 Å². The maximum atomic E-state index is 5.40. The number of nitrogens with zero attached hydrogens (tertiary/aromatic N) is 1. The summed E-state index contributed by atoms with van der Waals surface area (Å²) < 4.78 is 16.2. The number of nitrogens with one attached hydrogen (secondary N) is 2. The summed E-state index contributed by atoms with van der Waals surface area (Å²) in [6.45, 7) is 9.56. The minimum absolute atomic E-state index is 0.336. The van der Waals surface area contributed by atoms with E-state index in [0.29, 0.717) is 35.3 Å². The average molecular weight is 366 g/mol. The Kier molecular flexibility index (Phi) is 8.55. The highest BCUT2D eigenvalue weighted by Crippen LogP contribution is 2.38. The van der Waals surface area contributed by atoms with Gasteiger partial charge in [0.05, 0.1) is 21.3 Å². The van der Waals surface area contributed by atoms with Crippen molar-refractivity contribution in [3.63, 3.8) is 0 Å². The molecule has 1 aromatic carbocycles. The molecule has 0 amide bonds. The molecule has 0 aliphatic rings. The van der Waals surface area contributed by atoms with Crippen molar-refractivity contribution in [3.8, 4) is 17.2 Å². The minimum atomic E-state index is 0.336. The summed E-state index contributed by atoms with van der Waals surface area (Å²) in [5.41, 5.74) is 1.35. The summed E-state index contributed by atoms with van der Waals surface area (Å²) in [7, 11) is 6.61. The normalized spacial score (nSPS) is 13.2. The highest BCUT2D eigenvalue weighted by molar-refractivity contribution is 5.79. The second-order valence-corrected chi connectivity index (χ2v) is 7.60. The first-order valence-electron chi connectivity index (χ1n) is 9.00. The van der Waals surface area contributed by atoms with E-state index in [1.54, 1.807) is 28.4 Å². The second kappa shape index (κ2) is 10.1. The molecule has 0 fully saturated rings. The summed E-state index contributed by atoms with van der Waals surface area (Å²) >= 11 is 0. The Morgan fingerprint density at radius 2 is 1.65 bits per heavy atom.